The Morgan fingerprint density at radius 1 is 0.926 bits per heavy atom. The lowest BCUT2D eigenvalue weighted by Crippen LogP contribution is -2.31. The van der Waals surface area contributed by atoms with Gasteiger partial charge in [0.1, 0.15) is 0 Å². The van der Waals surface area contributed by atoms with Crippen LogP contribution in [0.2, 0.25) is 0 Å². The number of aromatic nitrogens is 2. The van der Waals surface area contributed by atoms with E-state index in [-0.39, 0.29) is 5.91 Å². The van der Waals surface area contributed by atoms with Crippen LogP contribution < -0.4 is 11.5 Å². The van der Waals surface area contributed by atoms with Crippen molar-refractivity contribution >= 4 is 38.8 Å². The molecule has 0 aliphatic carbocycles. The second-order valence-corrected chi connectivity index (χ2v) is 7.65. The quantitative estimate of drug-likeness (QED) is 0.657. The van der Waals surface area contributed by atoms with E-state index in [4.69, 9.17) is 11.5 Å². The predicted octanol–water partition coefficient (Wildman–Crippen LogP) is 2.75. The van der Waals surface area contributed by atoms with E-state index in [2.05, 4.69) is 28.7 Å². The molecular formula is C18H32N6OS2. The number of hydrogen-bond acceptors (Lipinski definition) is 8. The molecule has 2 aromatic heterocycles. The third-order valence-electron chi connectivity index (χ3n) is 4.17. The highest BCUT2D eigenvalue weighted by molar-refractivity contribution is 7.13. The zero-order valence-corrected chi connectivity index (χ0v) is 18.4. The summed E-state index contributed by atoms with van der Waals surface area (Å²) in [5.74, 6) is 0.111. The molecule has 0 aromatic carbocycles. The normalized spacial score (nSPS) is 10.6. The summed E-state index contributed by atoms with van der Waals surface area (Å²) in [5, 5.41) is 5.07. The van der Waals surface area contributed by atoms with E-state index in [1.165, 1.54) is 22.7 Å². The Labute approximate surface area is 170 Å². The predicted molar refractivity (Wildman–Crippen MR) is 116 cm³/mol. The molecule has 9 heteroatoms. The van der Waals surface area contributed by atoms with Crippen LogP contribution >= 0.6 is 22.7 Å². The molecule has 0 atom stereocenters. The Morgan fingerprint density at radius 2 is 1.44 bits per heavy atom. The van der Waals surface area contributed by atoms with Crippen molar-refractivity contribution in [1.82, 2.24) is 19.8 Å². The first-order valence-electron chi connectivity index (χ1n) is 9.33. The van der Waals surface area contributed by atoms with Crippen LogP contribution in [0.4, 0.5) is 10.3 Å². The Kier molecular flexibility index (Phi) is 10.9. The van der Waals surface area contributed by atoms with Crippen molar-refractivity contribution in [3.05, 3.63) is 22.1 Å². The highest BCUT2D eigenvalue weighted by Crippen LogP contribution is 2.12. The minimum absolute atomic E-state index is 0.111. The third kappa shape index (κ3) is 8.68. The summed E-state index contributed by atoms with van der Waals surface area (Å²) in [7, 11) is 0. The fourth-order valence-corrected chi connectivity index (χ4v) is 3.66. The number of hydrogen-bond donors (Lipinski definition) is 2. The first-order chi connectivity index (χ1) is 12.9. The molecule has 0 aliphatic rings. The van der Waals surface area contributed by atoms with Crippen LogP contribution in [-0.2, 0) is 17.6 Å². The van der Waals surface area contributed by atoms with Gasteiger partial charge in [0.05, 0.1) is 17.8 Å². The number of rotatable bonds is 9. The van der Waals surface area contributed by atoms with Crippen molar-refractivity contribution in [3.8, 4) is 0 Å². The molecule has 0 spiro atoms. The molecule has 0 bridgehead atoms. The number of thiazole rings is 2. The van der Waals surface area contributed by atoms with Crippen LogP contribution in [0, 0.1) is 0 Å². The minimum Gasteiger partial charge on any atom is -0.375 e. The van der Waals surface area contributed by atoms with E-state index in [0.717, 1.165) is 50.5 Å². The summed E-state index contributed by atoms with van der Waals surface area (Å²) >= 11 is 2.89. The molecule has 2 aromatic rings. The smallest absolute Gasteiger partial charge is 0.228 e. The molecule has 0 radical (unpaired) electrons. The van der Waals surface area contributed by atoms with Gasteiger partial charge >= 0.3 is 0 Å². The van der Waals surface area contributed by atoms with Gasteiger partial charge in [-0.15, -0.1) is 22.7 Å². The van der Waals surface area contributed by atoms with Gasteiger partial charge in [-0.1, -0.05) is 13.8 Å². The molecule has 1 amide bonds. The van der Waals surface area contributed by atoms with E-state index >= 15 is 0 Å². The third-order valence-corrected chi connectivity index (χ3v) is 5.61. The van der Waals surface area contributed by atoms with Gasteiger partial charge in [-0.2, -0.15) is 0 Å². The molecule has 0 aliphatic heterocycles. The number of anilines is 2. The van der Waals surface area contributed by atoms with Crippen LogP contribution in [0.15, 0.2) is 10.8 Å². The summed E-state index contributed by atoms with van der Waals surface area (Å²) < 4.78 is 0. The number of carbonyl (C=O) groups is 1. The highest BCUT2D eigenvalue weighted by atomic mass is 32.1. The number of amides is 1. The second-order valence-electron chi connectivity index (χ2n) is 5.87. The van der Waals surface area contributed by atoms with Crippen LogP contribution in [-0.4, -0.2) is 58.4 Å². The molecule has 0 saturated carbocycles. The van der Waals surface area contributed by atoms with Crippen molar-refractivity contribution in [2.45, 2.75) is 40.5 Å². The van der Waals surface area contributed by atoms with Gasteiger partial charge < -0.3 is 21.3 Å². The Morgan fingerprint density at radius 3 is 1.85 bits per heavy atom. The molecule has 7 nitrogen and oxygen atoms in total. The second kappa shape index (κ2) is 12.6. The molecular weight excluding hydrogens is 380 g/mol. The van der Waals surface area contributed by atoms with E-state index in [0.29, 0.717) is 16.7 Å². The Hall–Kier alpha value is -1.71. The fourth-order valence-electron chi connectivity index (χ4n) is 2.50. The standard InChI is InChI=1S/C9H15N3OS.C9H17N3S/c1-3-12(4-2)8(13)5-7-6-14-9(10)11-7;1-3-12(4-2)6-5-8-7-13-9(10)11-8/h6H,3-5H2,1-2H3,(H2,10,11);7H,3-6H2,1-2H3,(H2,10,11). The Balaban J connectivity index is 0.000000271. The fraction of sp³-hybridized carbons (Fsp3) is 0.611. The zero-order valence-electron chi connectivity index (χ0n) is 16.8. The number of carbonyl (C=O) groups excluding carboxylic acids is 1. The van der Waals surface area contributed by atoms with E-state index in [1.54, 1.807) is 4.90 Å². The number of likely N-dealkylation sites (N-methyl/N-ethyl adjacent to an activating group) is 2. The number of nitrogen functional groups attached to an aromatic ring is 2. The lowest BCUT2D eigenvalue weighted by molar-refractivity contribution is -0.130. The van der Waals surface area contributed by atoms with E-state index in [9.17, 15) is 4.79 Å². The zero-order chi connectivity index (χ0) is 20.2. The van der Waals surface area contributed by atoms with Crippen LogP contribution in [0.1, 0.15) is 39.1 Å². The summed E-state index contributed by atoms with van der Waals surface area (Å²) in [6.07, 6.45) is 1.37. The molecule has 2 heterocycles. The topological polar surface area (TPSA) is 101 Å². The molecule has 2 rings (SSSR count). The van der Waals surface area contributed by atoms with Gasteiger partial charge in [-0.05, 0) is 26.9 Å². The maximum Gasteiger partial charge on any atom is 0.228 e. The van der Waals surface area contributed by atoms with Gasteiger partial charge in [0, 0.05) is 36.8 Å². The van der Waals surface area contributed by atoms with Crippen molar-refractivity contribution in [3.63, 3.8) is 0 Å². The highest BCUT2D eigenvalue weighted by Gasteiger charge is 2.11. The van der Waals surface area contributed by atoms with Gasteiger partial charge in [0.25, 0.3) is 0 Å². The van der Waals surface area contributed by atoms with Crippen LogP contribution in [0.25, 0.3) is 0 Å². The van der Waals surface area contributed by atoms with Crippen molar-refractivity contribution < 1.29 is 4.79 Å². The summed E-state index contributed by atoms with van der Waals surface area (Å²) in [4.78, 5) is 24.1. The van der Waals surface area contributed by atoms with Crippen LogP contribution in [0.5, 0.6) is 0 Å². The molecule has 152 valence electrons. The first kappa shape index (κ1) is 23.3. The molecule has 4 N–H and O–H groups in total. The lowest BCUT2D eigenvalue weighted by atomic mass is 10.3. The number of nitrogens with zero attached hydrogens (tertiary/aromatic N) is 4. The SMILES string of the molecule is CCN(CC)C(=O)Cc1csc(N)n1.CCN(CC)CCc1csc(N)n1. The van der Waals surface area contributed by atoms with Gasteiger partial charge in [-0.25, -0.2) is 9.97 Å². The monoisotopic (exact) mass is 412 g/mol. The van der Waals surface area contributed by atoms with E-state index in [1.807, 2.05) is 24.6 Å². The molecule has 0 unspecified atom stereocenters. The lowest BCUT2D eigenvalue weighted by Gasteiger charge is -2.17. The van der Waals surface area contributed by atoms with E-state index < -0.39 is 0 Å². The largest absolute Gasteiger partial charge is 0.375 e. The molecule has 27 heavy (non-hydrogen) atoms. The van der Waals surface area contributed by atoms with Gasteiger partial charge in [0.15, 0.2) is 10.3 Å². The van der Waals surface area contributed by atoms with Gasteiger partial charge in [0.2, 0.25) is 5.91 Å². The minimum atomic E-state index is 0.111. The first-order valence-corrected chi connectivity index (χ1v) is 11.1. The summed E-state index contributed by atoms with van der Waals surface area (Å²) in [6.45, 7) is 13.1. The summed E-state index contributed by atoms with van der Waals surface area (Å²) in [6, 6.07) is 0. The maximum absolute atomic E-state index is 11.6. The molecule has 0 fully saturated rings. The summed E-state index contributed by atoms with van der Waals surface area (Å²) in [5.41, 5.74) is 12.9. The molecule has 0 saturated heterocycles. The average molecular weight is 413 g/mol. The van der Waals surface area contributed by atoms with Gasteiger partial charge in [-0.3, -0.25) is 4.79 Å². The van der Waals surface area contributed by atoms with Crippen molar-refractivity contribution in [1.29, 1.82) is 0 Å². The van der Waals surface area contributed by atoms with Crippen molar-refractivity contribution in [2.75, 3.05) is 44.2 Å². The van der Waals surface area contributed by atoms with Crippen LogP contribution in [0.3, 0.4) is 0 Å². The maximum atomic E-state index is 11.6. The Bertz CT molecular complexity index is 664. The van der Waals surface area contributed by atoms with Crippen molar-refractivity contribution in [2.24, 2.45) is 0 Å². The average Bonchev–Trinajstić information content (AvgIpc) is 3.25. The number of nitrogens with two attached hydrogens (primary N) is 2.